The summed E-state index contributed by atoms with van der Waals surface area (Å²) in [6, 6.07) is 6.89. The van der Waals surface area contributed by atoms with Crippen molar-refractivity contribution in [2.24, 2.45) is 0 Å². The Hall–Kier alpha value is -0.180. The van der Waals surface area contributed by atoms with Crippen molar-refractivity contribution in [2.45, 2.75) is 46.5 Å². The Bertz CT molecular complexity index is 401. The lowest BCUT2D eigenvalue weighted by atomic mass is 10.0. The molecule has 0 heterocycles. The third-order valence-electron chi connectivity index (χ3n) is 3.19. The monoisotopic (exact) mass is 266 g/mol. The zero-order chi connectivity index (χ0) is 12.8. The Morgan fingerprint density at radius 1 is 1.18 bits per heavy atom. The summed E-state index contributed by atoms with van der Waals surface area (Å²) in [5.41, 5.74) is 4.40. The lowest BCUT2D eigenvalue weighted by Crippen LogP contribution is -2.03. The van der Waals surface area contributed by atoms with Crippen molar-refractivity contribution in [3.63, 3.8) is 0 Å². The third kappa shape index (κ3) is 4.90. The van der Waals surface area contributed by atoms with E-state index in [2.05, 4.69) is 57.4 Å². The van der Waals surface area contributed by atoms with E-state index in [-0.39, 0.29) is 0 Å². The largest absolute Gasteiger partial charge is 0.110 e. The highest BCUT2D eigenvalue weighted by Crippen LogP contribution is 2.17. The minimum Gasteiger partial charge on any atom is -0.110 e. The lowest BCUT2D eigenvalue weighted by molar-refractivity contribution is 0.916. The smallest absolute Gasteiger partial charge is 0.0241 e. The Labute approximate surface area is 111 Å². The van der Waals surface area contributed by atoms with Gasteiger partial charge in [-0.3, -0.25) is 0 Å². The van der Waals surface area contributed by atoms with Crippen LogP contribution in [0.1, 0.15) is 44.7 Å². The second-order valence-corrected chi connectivity index (χ2v) is 6.23. The molecule has 0 N–H and O–H groups in total. The van der Waals surface area contributed by atoms with E-state index in [1.807, 2.05) is 0 Å². The van der Waals surface area contributed by atoms with Gasteiger partial charge in [0.25, 0.3) is 0 Å². The van der Waals surface area contributed by atoms with E-state index in [1.54, 1.807) is 0 Å². The Morgan fingerprint density at radius 3 is 2.41 bits per heavy atom. The first kappa shape index (κ1) is 14.9. The molecular formula is C15H24P2. The van der Waals surface area contributed by atoms with E-state index in [0.29, 0.717) is 0 Å². The summed E-state index contributed by atoms with van der Waals surface area (Å²) in [5.74, 6) is 0. The number of aryl methyl sites for hydroxylation is 2. The molecule has 17 heavy (non-hydrogen) atoms. The highest BCUT2D eigenvalue weighted by Gasteiger charge is 2.01. The Kier molecular flexibility index (Phi) is 6.39. The third-order valence-corrected chi connectivity index (χ3v) is 4.22. The maximum Gasteiger partial charge on any atom is -0.0241 e. The van der Waals surface area contributed by atoms with Gasteiger partial charge in [-0.15, -0.1) is 18.5 Å². The van der Waals surface area contributed by atoms with Crippen LogP contribution in [-0.4, -0.2) is 0 Å². The SMILES string of the molecule is CCCc1ccc(CC/C(C)=C(/C)P)cc1P. The molecule has 0 amide bonds. The van der Waals surface area contributed by atoms with Crippen molar-refractivity contribution >= 4 is 23.8 Å². The average molecular weight is 266 g/mol. The summed E-state index contributed by atoms with van der Waals surface area (Å²) < 4.78 is 0. The summed E-state index contributed by atoms with van der Waals surface area (Å²) in [7, 11) is 5.66. The number of hydrogen-bond donors (Lipinski definition) is 0. The van der Waals surface area contributed by atoms with Gasteiger partial charge in [0, 0.05) is 0 Å². The lowest BCUT2D eigenvalue weighted by Gasteiger charge is -2.08. The molecule has 0 aromatic heterocycles. The van der Waals surface area contributed by atoms with Gasteiger partial charge in [0.05, 0.1) is 0 Å². The molecule has 1 aromatic rings. The highest BCUT2D eigenvalue weighted by atomic mass is 31.0. The second-order valence-electron chi connectivity index (χ2n) is 4.75. The summed E-state index contributed by atoms with van der Waals surface area (Å²) in [6.07, 6.45) is 4.70. The number of benzene rings is 1. The topological polar surface area (TPSA) is 0 Å². The van der Waals surface area contributed by atoms with Crippen molar-refractivity contribution in [2.75, 3.05) is 0 Å². The van der Waals surface area contributed by atoms with Crippen LogP contribution in [0.15, 0.2) is 29.1 Å². The van der Waals surface area contributed by atoms with Gasteiger partial charge in [-0.2, -0.15) is 0 Å². The van der Waals surface area contributed by atoms with Crippen molar-refractivity contribution in [1.29, 1.82) is 0 Å². The van der Waals surface area contributed by atoms with Gasteiger partial charge < -0.3 is 0 Å². The van der Waals surface area contributed by atoms with E-state index in [4.69, 9.17) is 0 Å². The zero-order valence-electron chi connectivity index (χ0n) is 11.2. The van der Waals surface area contributed by atoms with Crippen LogP contribution in [-0.2, 0) is 12.8 Å². The molecule has 1 rings (SSSR count). The van der Waals surface area contributed by atoms with Crippen LogP contribution >= 0.6 is 18.5 Å². The summed E-state index contributed by atoms with van der Waals surface area (Å²) >= 11 is 0. The molecule has 2 atom stereocenters. The molecule has 0 saturated heterocycles. The van der Waals surface area contributed by atoms with E-state index >= 15 is 0 Å². The fourth-order valence-corrected chi connectivity index (χ4v) is 2.42. The molecule has 2 heteroatoms. The highest BCUT2D eigenvalue weighted by molar-refractivity contribution is 7.27. The number of hydrogen-bond acceptors (Lipinski definition) is 0. The van der Waals surface area contributed by atoms with Gasteiger partial charge in [-0.05, 0) is 49.5 Å². The molecule has 2 unspecified atom stereocenters. The number of rotatable bonds is 5. The Balaban J connectivity index is 2.68. The fourth-order valence-electron chi connectivity index (χ4n) is 1.83. The summed E-state index contributed by atoms with van der Waals surface area (Å²) in [6.45, 7) is 6.61. The van der Waals surface area contributed by atoms with Crippen LogP contribution in [0.4, 0.5) is 0 Å². The first-order chi connectivity index (χ1) is 8.04. The predicted molar refractivity (Wildman–Crippen MR) is 86.2 cm³/mol. The van der Waals surface area contributed by atoms with Crippen LogP contribution in [0.2, 0.25) is 0 Å². The van der Waals surface area contributed by atoms with E-state index < -0.39 is 0 Å². The molecule has 0 saturated carbocycles. The average Bonchev–Trinajstić information content (AvgIpc) is 2.29. The second kappa shape index (κ2) is 7.30. The molecule has 1 aromatic carbocycles. The van der Waals surface area contributed by atoms with Crippen LogP contribution in [0, 0.1) is 0 Å². The zero-order valence-corrected chi connectivity index (χ0v) is 13.5. The normalized spacial score (nSPS) is 12.5. The molecule has 0 nitrogen and oxygen atoms in total. The van der Waals surface area contributed by atoms with Crippen molar-refractivity contribution < 1.29 is 0 Å². The van der Waals surface area contributed by atoms with Crippen LogP contribution in [0.5, 0.6) is 0 Å². The summed E-state index contributed by atoms with van der Waals surface area (Å²) in [5, 5.41) is 2.74. The van der Waals surface area contributed by atoms with Crippen molar-refractivity contribution in [3.8, 4) is 0 Å². The molecule has 0 aliphatic carbocycles. The molecular weight excluding hydrogens is 242 g/mol. The van der Waals surface area contributed by atoms with Gasteiger partial charge in [-0.1, -0.05) is 42.4 Å². The van der Waals surface area contributed by atoms with Gasteiger partial charge in [0.1, 0.15) is 0 Å². The molecule has 94 valence electrons. The van der Waals surface area contributed by atoms with Crippen molar-refractivity contribution in [1.82, 2.24) is 0 Å². The predicted octanol–water partition coefficient (Wildman–Crippen LogP) is 4.24. The minimum atomic E-state index is 1.14. The first-order valence-electron chi connectivity index (χ1n) is 6.33. The minimum absolute atomic E-state index is 1.14. The van der Waals surface area contributed by atoms with Gasteiger partial charge in [-0.25, -0.2) is 0 Å². The molecule has 0 aliphatic heterocycles. The molecule has 0 aliphatic rings. The molecule has 0 radical (unpaired) electrons. The van der Waals surface area contributed by atoms with Crippen LogP contribution < -0.4 is 5.30 Å². The van der Waals surface area contributed by atoms with Gasteiger partial charge >= 0.3 is 0 Å². The quantitative estimate of drug-likeness (QED) is 0.699. The van der Waals surface area contributed by atoms with Gasteiger partial charge in [0.15, 0.2) is 0 Å². The maximum atomic E-state index is 2.87. The Morgan fingerprint density at radius 2 is 1.88 bits per heavy atom. The van der Waals surface area contributed by atoms with Crippen LogP contribution in [0.3, 0.4) is 0 Å². The van der Waals surface area contributed by atoms with E-state index in [0.717, 1.165) is 12.8 Å². The first-order valence-corrected chi connectivity index (χ1v) is 7.49. The maximum absolute atomic E-state index is 2.87. The standard InChI is InChI=1S/C15H24P2/c1-4-5-14-9-8-13(10-15(14)17)7-6-11(2)12(3)16/h8-10H,4-7,16-17H2,1-3H3/b12-11-. The fraction of sp³-hybridized carbons (Fsp3) is 0.467. The molecule has 0 fully saturated rings. The molecule has 0 bridgehead atoms. The van der Waals surface area contributed by atoms with Gasteiger partial charge in [0.2, 0.25) is 0 Å². The van der Waals surface area contributed by atoms with E-state index in [1.165, 1.54) is 40.2 Å². The van der Waals surface area contributed by atoms with Crippen LogP contribution in [0.25, 0.3) is 0 Å². The van der Waals surface area contributed by atoms with E-state index in [9.17, 15) is 0 Å². The van der Waals surface area contributed by atoms with Crippen molar-refractivity contribution in [3.05, 3.63) is 40.2 Å². The molecule has 0 spiro atoms. The number of allylic oxidation sites excluding steroid dienone is 2. The summed E-state index contributed by atoms with van der Waals surface area (Å²) in [4.78, 5) is 0.